The zero-order valence-corrected chi connectivity index (χ0v) is 16.3. The second-order valence-corrected chi connectivity index (χ2v) is 6.38. The van der Waals surface area contributed by atoms with Crippen molar-refractivity contribution < 1.29 is 14.3 Å². The lowest BCUT2D eigenvalue weighted by molar-refractivity contribution is -0.140. The molecule has 0 radical (unpaired) electrons. The fourth-order valence-corrected chi connectivity index (χ4v) is 2.89. The van der Waals surface area contributed by atoms with E-state index in [9.17, 15) is 9.59 Å². The van der Waals surface area contributed by atoms with Gasteiger partial charge in [0, 0.05) is 24.7 Å². The minimum atomic E-state index is -0.196. The molecule has 2 aromatic carbocycles. The highest BCUT2D eigenvalue weighted by molar-refractivity contribution is 6.01. The van der Waals surface area contributed by atoms with Gasteiger partial charge in [-0.2, -0.15) is 0 Å². The van der Waals surface area contributed by atoms with Gasteiger partial charge < -0.3 is 9.64 Å². The van der Waals surface area contributed by atoms with Crippen LogP contribution in [0.2, 0.25) is 0 Å². The molecule has 4 nitrogen and oxygen atoms in total. The number of hydrogen-bond donors (Lipinski definition) is 0. The number of methoxy groups -OCH3 is 1. The number of carbonyl (C=O) groups excluding carboxylic acids is 2. The predicted octanol–water partition coefficient (Wildman–Crippen LogP) is 5.16. The van der Waals surface area contributed by atoms with Crippen molar-refractivity contribution >= 4 is 17.6 Å². The van der Waals surface area contributed by atoms with Crippen LogP contribution in [-0.2, 0) is 14.3 Å². The Bertz CT molecular complexity index is 794. The molecule has 0 aliphatic carbocycles. The first kappa shape index (κ1) is 21.2. The van der Waals surface area contributed by atoms with E-state index in [4.69, 9.17) is 0 Å². The Morgan fingerprint density at radius 3 is 2.29 bits per heavy atom. The molecule has 0 aliphatic rings. The zero-order chi connectivity index (χ0) is 20.2. The molecule has 0 saturated carbocycles. The lowest BCUT2D eigenvalue weighted by atomic mass is 10.1. The maximum Gasteiger partial charge on any atom is 0.305 e. The van der Waals surface area contributed by atoms with Crippen LogP contribution in [0.25, 0.3) is 11.1 Å². The summed E-state index contributed by atoms with van der Waals surface area (Å²) in [5, 5.41) is 0. The molecule has 0 fully saturated rings. The van der Waals surface area contributed by atoms with E-state index in [2.05, 4.69) is 23.4 Å². The van der Waals surface area contributed by atoms with Gasteiger partial charge in [-0.1, -0.05) is 67.6 Å². The summed E-state index contributed by atoms with van der Waals surface area (Å²) in [5.74, 6) is -0.279. The molecular weight excluding hydrogens is 350 g/mol. The topological polar surface area (TPSA) is 46.6 Å². The van der Waals surface area contributed by atoms with Gasteiger partial charge in [0.05, 0.1) is 7.11 Å². The first-order valence-corrected chi connectivity index (χ1v) is 9.48. The highest BCUT2D eigenvalue weighted by Gasteiger charge is 2.13. The molecular formula is C24H27NO3. The van der Waals surface area contributed by atoms with E-state index in [0.29, 0.717) is 13.0 Å². The number of allylic oxidation sites excluding steroid dienone is 2. The molecule has 2 aromatic rings. The number of ether oxygens (including phenoxy) is 1. The van der Waals surface area contributed by atoms with Crippen molar-refractivity contribution in [2.75, 3.05) is 18.6 Å². The Morgan fingerprint density at radius 2 is 1.64 bits per heavy atom. The highest BCUT2D eigenvalue weighted by atomic mass is 16.5. The summed E-state index contributed by atoms with van der Waals surface area (Å²) in [6, 6.07) is 18.1. The average Bonchev–Trinajstić information content (AvgIpc) is 2.75. The largest absolute Gasteiger partial charge is 0.469 e. The van der Waals surface area contributed by atoms with Gasteiger partial charge in [-0.05, 0) is 36.1 Å². The van der Waals surface area contributed by atoms with E-state index >= 15 is 0 Å². The number of rotatable bonds is 10. The van der Waals surface area contributed by atoms with E-state index in [1.807, 2.05) is 42.5 Å². The summed E-state index contributed by atoms with van der Waals surface area (Å²) < 4.78 is 4.66. The van der Waals surface area contributed by atoms with Gasteiger partial charge in [0.25, 0.3) is 5.91 Å². The summed E-state index contributed by atoms with van der Waals surface area (Å²) in [4.78, 5) is 25.6. The lowest BCUT2D eigenvalue weighted by Gasteiger charge is -2.22. The zero-order valence-electron chi connectivity index (χ0n) is 16.3. The summed E-state index contributed by atoms with van der Waals surface area (Å²) in [6.07, 6.45) is 7.58. The van der Waals surface area contributed by atoms with Crippen LogP contribution in [0, 0.1) is 0 Å². The smallest absolute Gasteiger partial charge is 0.305 e. The van der Waals surface area contributed by atoms with Crippen molar-refractivity contribution in [3.63, 3.8) is 0 Å². The van der Waals surface area contributed by atoms with Crippen LogP contribution >= 0.6 is 0 Å². The van der Waals surface area contributed by atoms with E-state index in [-0.39, 0.29) is 11.9 Å². The van der Waals surface area contributed by atoms with Crippen molar-refractivity contribution in [3.8, 4) is 11.1 Å². The second kappa shape index (κ2) is 11.5. The number of unbranched alkanes of at least 4 members (excludes halogenated alkanes) is 2. The highest BCUT2D eigenvalue weighted by Crippen LogP contribution is 2.23. The van der Waals surface area contributed by atoms with Gasteiger partial charge in [0.1, 0.15) is 0 Å². The predicted molar refractivity (Wildman–Crippen MR) is 114 cm³/mol. The minimum absolute atomic E-state index is 0.0830. The summed E-state index contributed by atoms with van der Waals surface area (Å²) in [5.41, 5.74) is 3.10. The number of carbonyl (C=O) groups is 2. The van der Waals surface area contributed by atoms with Gasteiger partial charge in [0.2, 0.25) is 0 Å². The number of anilines is 1. The number of hydrogen-bond acceptors (Lipinski definition) is 3. The van der Waals surface area contributed by atoms with Gasteiger partial charge in [0.15, 0.2) is 0 Å². The Morgan fingerprint density at radius 1 is 0.964 bits per heavy atom. The van der Waals surface area contributed by atoms with Crippen molar-refractivity contribution in [2.45, 2.75) is 25.7 Å². The summed E-state index contributed by atoms with van der Waals surface area (Å²) in [7, 11) is 1.40. The number of amides is 1. The first-order chi connectivity index (χ1) is 13.7. The fraction of sp³-hybridized carbons (Fsp3) is 0.250. The quantitative estimate of drug-likeness (QED) is 0.249. The van der Waals surface area contributed by atoms with Crippen molar-refractivity contribution in [2.24, 2.45) is 0 Å². The number of benzene rings is 2. The molecule has 0 saturated heterocycles. The van der Waals surface area contributed by atoms with Crippen LogP contribution in [0.15, 0.2) is 79.4 Å². The number of esters is 1. The van der Waals surface area contributed by atoms with Gasteiger partial charge >= 0.3 is 5.97 Å². The molecule has 0 bridgehead atoms. The molecule has 28 heavy (non-hydrogen) atoms. The third kappa shape index (κ3) is 6.54. The third-order valence-electron chi connectivity index (χ3n) is 4.42. The molecule has 2 rings (SSSR count). The van der Waals surface area contributed by atoms with E-state index in [1.165, 1.54) is 13.2 Å². The Hall–Kier alpha value is -3.14. The van der Waals surface area contributed by atoms with Gasteiger partial charge in [-0.3, -0.25) is 9.59 Å². The molecule has 1 amide bonds. The van der Waals surface area contributed by atoms with Crippen molar-refractivity contribution in [1.82, 2.24) is 0 Å². The molecule has 0 aromatic heterocycles. The molecule has 0 spiro atoms. The van der Waals surface area contributed by atoms with E-state index < -0.39 is 0 Å². The maximum absolute atomic E-state index is 12.6. The maximum atomic E-state index is 12.6. The lowest BCUT2D eigenvalue weighted by Crippen LogP contribution is -2.30. The monoisotopic (exact) mass is 377 g/mol. The van der Waals surface area contributed by atoms with Crippen LogP contribution in [0.5, 0.6) is 0 Å². The van der Waals surface area contributed by atoms with Crippen LogP contribution in [0.1, 0.15) is 25.7 Å². The number of nitrogens with zero attached hydrogens (tertiary/aromatic N) is 1. The standard InChI is InChI=1S/C24H27NO3/c1-3-4-13-23(26)25(19-10-6-9-14-24(27)28-2)22-17-15-21(16-18-22)20-11-7-5-8-12-20/h3-5,7-8,11-13,15-18H,1,6,9-10,14,19H2,2H3. The van der Waals surface area contributed by atoms with Crippen LogP contribution in [0.3, 0.4) is 0 Å². The molecule has 0 N–H and O–H groups in total. The molecule has 0 unspecified atom stereocenters. The second-order valence-electron chi connectivity index (χ2n) is 6.38. The van der Waals surface area contributed by atoms with Crippen molar-refractivity contribution in [1.29, 1.82) is 0 Å². The molecule has 0 heterocycles. The van der Waals surface area contributed by atoms with E-state index in [0.717, 1.165) is 36.1 Å². The molecule has 4 heteroatoms. The van der Waals surface area contributed by atoms with Crippen LogP contribution in [-0.4, -0.2) is 25.5 Å². The van der Waals surface area contributed by atoms with Crippen molar-refractivity contribution in [3.05, 3.63) is 79.4 Å². The average molecular weight is 377 g/mol. The molecule has 0 aliphatic heterocycles. The Kier molecular flexibility index (Phi) is 8.73. The van der Waals surface area contributed by atoms with Crippen LogP contribution < -0.4 is 4.90 Å². The SMILES string of the molecule is C=CC=CC(=O)N(CCCCCC(=O)OC)c1ccc(-c2ccccc2)cc1. The van der Waals surface area contributed by atoms with E-state index in [1.54, 1.807) is 17.1 Å². The van der Waals surface area contributed by atoms with Gasteiger partial charge in [-0.25, -0.2) is 0 Å². The first-order valence-electron chi connectivity index (χ1n) is 9.48. The van der Waals surface area contributed by atoms with Gasteiger partial charge in [-0.15, -0.1) is 0 Å². The molecule has 146 valence electrons. The summed E-state index contributed by atoms with van der Waals surface area (Å²) >= 11 is 0. The molecule has 0 atom stereocenters. The van der Waals surface area contributed by atoms with Crippen LogP contribution in [0.4, 0.5) is 5.69 Å². The normalized spacial score (nSPS) is 10.6. The third-order valence-corrected chi connectivity index (χ3v) is 4.42. The minimum Gasteiger partial charge on any atom is -0.469 e. The Balaban J connectivity index is 2.06. The Labute approximate surface area is 167 Å². The fourth-order valence-electron chi connectivity index (χ4n) is 2.89. The summed E-state index contributed by atoms with van der Waals surface area (Å²) in [6.45, 7) is 4.21.